The number of benzene rings is 1. The minimum Gasteiger partial charge on any atom is -0.493 e. The Labute approximate surface area is 282 Å². The zero-order valence-corrected chi connectivity index (χ0v) is 29.2. The third kappa shape index (κ3) is 5.13. The van der Waals surface area contributed by atoms with Gasteiger partial charge in [-0.3, -0.25) is 4.79 Å². The summed E-state index contributed by atoms with van der Waals surface area (Å²) < 4.78 is 11.1. The van der Waals surface area contributed by atoms with Gasteiger partial charge in [0.25, 0.3) is 0 Å². The van der Waals surface area contributed by atoms with E-state index in [1.165, 1.54) is 49.7 Å². The number of methoxy groups -OCH3 is 2. The van der Waals surface area contributed by atoms with Crippen molar-refractivity contribution in [3.05, 3.63) is 47.1 Å². The number of carbonyl (C=O) groups excluding carboxylic acids is 1. The summed E-state index contributed by atoms with van der Waals surface area (Å²) in [6, 6.07) is 5.81. The summed E-state index contributed by atoms with van der Waals surface area (Å²) in [5.41, 5.74) is 2.99. The monoisotopic (exact) mass is 643 g/mol. The molecule has 4 bridgehead atoms. The van der Waals surface area contributed by atoms with E-state index in [9.17, 15) is 15.0 Å². The Bertz CT molecular complexity index is 1440. The first-order valence-corrected chi connectivity index (χ1v) is 18.8. The summed E-state index contributed by atoms with van der Waals surface area (Å²) in [6.07, 6.45) is 19.1. The number of allylic oxidation sites excluding steroid dienone is 3. The van der Waals surface area contributed by atoms with Gasteiger partial charge in [0.1, 0.15) is 0 Å². The van der Waals surface area contributed by atoms with Crippen LogP contribution in [-0.4, -0.2) is 60.0 Å². The summed E-state index contributed by atoms with van der Waals surface area (Å²) >= 11 is 0. The van der Waals surface area contributed by atoms with Crippen molar-refractivity contribution in [1.29, 1.82) is 0 Å². The lowest BCUT2D eigenvalue weighted by molar-refractivity contribution is -0.150. The van der Waals surface area contributed by atoms with Crippen LogP contribution in [0.4, 0.5) is 0 Å². The van der Waals surface area contributed by atoms with Gasteiger partial charge in [-0.2, -0.15) is 0 Å². The highest BCUT2D eigenvalue weighted by molar-refractivity contribution is 5.79. The van der Waals surface area contributed by atoms with Crippen molar-refractivity contribution in [2.24, 2.45) is 45.8 Å². The Morgan fingerprint density at radius 3 is 2.23 bits per heavy atom. The maximum absolute atomic E-state index is 14.5. The molecule has 0 aliphatic heterocycles. The van der Waals surface area contributed by atoms with Crippen LogP contribution in [0.5, 0.6) is 11.5 Å². The minimum atomic E-state index is -0.924. The molecule has 256 valence electrons. The molecule has 1 aromatic rings. The average Bonchev–Trinajstić information content (AvgIpc) is 3.30. The van der Waals surface area contributed by atoms with Crippen LogP contribution >= 0.6 is 0 Å². The van der Waals surface area contributed by atoms with E-state index in [2.05, 4.69) is 30.9 Å². The van der Waals surface area contributed by atoms with E-state index in [4.69, 9.17) is 9.47 Å². The lowest BCUT2D eigenvalue weighted by Gasteiger charge is -2.59. The van der Waals surface area contributed by atoms with Crippen molar-refractivity contribution >= 4 is 5.91 Å². The molecule has 1 aromatic carbocycles. The molecule has 8 aliphatic rings. The zero-order chi connectivity index (χ0) is 32.8. The van der Waals surface area contributed by atoms with Gasteiger partial charge in [0.2, 0.25) is 5.91 Å². The molecule has 7 fully saturated rings. The molecule has 2 N–H and O–H groups in total. The van der Waals surface area contributed by atoms with E-state index >= 15 is 0 Å². The lowest BCUT2D eigenvalue weighted by atomic mass is 9.49. The lowest BCUT2D eigenvalue weighted by Crippen LogP contribution is -2.59. The molecule has 9 rings (SSSR count). The highest BCUT2D eigenvalue weighted by Crippen LogP contribution is 2.66. The highest BCUT2D eigenvalue weighted by atomic mass is 16.5. The van der Waals surface area contributed by atoms with Crippen molar-refractivity contribution in [1.82, 2.24) is 4.90 Å². The van der Waals surface area contributed by atoms with E-state index in [0.717, 1.165) is 74.8 Å². The van der Waals surface area contributed by atoms with Gasteiger partial charge in [0.15, 0.2) is 11.5 Å². The van der Waals surface area contributed by atoms with Crippen molar-refractivity contribution in [3.8, 4) is 11.5 Å². The summed E-state index contributed by atoms with van der Waals surface area (Å²) in [5.74, 6) is 4.70. The standard InChI is InChI=1S/C41H57NO5/c1-38-12-9-31(43)20-30(38)6-7-32-33(38)10-13-39(2)34(32)11-14-41(39,45)25-42(24-40-21-27-15-28(22-40)17-29(16-27)23-40)37(44)19-26-5-8-35(46-3)36(18-26)47-4/h5-8,18,27-29,31,33-34,43,45H,9-17,19-25H2,1-4H3. The van der Waals surface area contributed by atoms with Crippen molar-refractivity contribution in [2.75, 3.05) is 27.3 Å². The SMILES string of the molecule is COc1ccc(CC(=O)N(CC23CC4CC(CC(C4)C2)C3)CC2(O)CCC3C4=CC=C5CC(O)CCC5(C)C4CCC32C)cc1OC. The molecule has 6 heteroatoms. The first-order valence-electron chi connectivity index (χ1n) is 18.8. The van der Waals surface area contributed by atoms with Crippen LogP contribution in [0.15, 0.2) is 41.5 Å². The van der Waals surface area contributed by atoms with E-state index in [0.29, 0.717) is 36.3 Å². The van der Waals surface area contributed by atoms with Crippen LogP contribution in [0.3, 0.4) is 0 Å². The molecule has 0 radical (unpaired) electrons. The van der Waals surface area contributed by atoms with Crippen LogP contribution in [0.2, 0.25) is 0 Å². The Morgan fingerprint density at radius 1 is 0.872 bits per heavy atom. The molecule has 47 heavy (non-hydrogen) atoms. The predicted octanol–water partition coefficient (Wildman–Crippen LogP) is 7.27. The fourth-order valence-electron chi connectivity index (χ4n) is 13.1. The Hall–Kier alpha value is -2.31. The molecule has 6 nitrogen and oxygen atoms in total. The van der Waals surface area contributed by atoms with Gasteiger partial charge in [-0.05, 0) is 142 Å². The molecule has 8 aliphatic carbocycles. The Morgan fingerprint density at radius 2 is 1.55 bits per heavy atom. The summed E-state index contributed by atoms with van der Waals surface area (Å²) in [7, 11) is 3.28. The molecule has 0 saturated heterocycles. The number of hydrogen-bond acceptors (Lipinski definition) is 5. The number of amides is 1. The number of aliphatic hydroxyl groups excluding tert-OH is 1. The molecule has 6 unspecified atom stereocenters. The molecule has 0 heterocycles. The summed E-state index contributed by atoms with van der Waals surface area (Å²) in [4.78, 5) is 16.7. The number of rotatable bonds is 8. The van der Waals surface area contributed by atoms with E-state index in [1.807, 2.05) is 18.2 Å². The van der Waals surface area contributed by atoms with E-state index in [-0.39, 0.29) is 28.3 Å². The topological polar surface area (TPSA) is 79.2 Å². The third-order valence-corrected chi connectivity index (χ3v) is 15.2. The number of fused-ring (bicyclic) bond motifs is 5. The average molecular weight is 644 g/mol. The second kappa shape index (κ2) is 11.4. The molecule has 7 saturated carbocycles. The number of nitrogens with zero attached hydrogens (tertiary/aromatic N) is 1. The first-order chi connectivity index (χ1) is 22.5. The van der Waals surface area contributed by atoms with Crippen molar-refractivity contribution in [3.63, 3.8) is 0 Å². The number of hydrogen-bond donors (Lipinski definition) is 2. The van der Waals surface area contributed by atoms with Gasteiger partial charge in [-0.15, -0.1) is 0 Å². The molecular formula is C41H57NO5. The molecule has 6 atom stereocenters. The highest BCUT2D eigenvalue weighted by Gasteiger charge is 2.63. The van der Waals surface area contributed by atoms with Gasteiger partial charge in [0, 0.05) is 18.5 Å². The second-order valence-corrected chi connectivity index (χ2v) is 17.8. The molecule has 0 spiro atoms. The van der Waals surface area contributed by atoms with Crippen LogP contribution in [0.1, 0.15) is 103 Å². The van der Waals surface area contributed by atoms with Crippen molar-refractivity contribution in [2.45, 2.75) is 115 Å². The maximum atomic E-state index is 14.5. The maximum Gasteiger partial charge on any atom is 0.227 e. The fourth-order valence-corrected chi connectivity index (χ4v) is 13.1. The Kier molecular flexibility index (Phi) is 7.72. The second-order valence-electron chi connectivity index (χ2n) is 17.8. The summed E-state index contributed by atoms with van der Waals surface area (Å²) in [6.45, 7) is 5.99. The van der Waals surface area contributed by atoms with Crippen LogP contribution in [0, 0.1) is 45.8 Å². The van der Waals surface area contributed by atoms with Crippen LogP contribution in [0.25, 0.3) is 0 Å². The smallest absolute Gasteiger partial charge is 0.227 e. The van der Waals surface area contributed by atoms with Crippen LogP contribution < -0.4 is 9.47 Å². The fraction of sp³-hybridized carbons (Fsp3) is 0.732. The summed E-state index contributed by atoms with van der Waals surface area (Å²) in [5, 5.41) is 23.3. The molecule has 0 aromatic heterocycles. The van der Waals surface area contributed by atoms with Crippen molar-refractivity contribution < 1.29 is 24.5 Å². The predicted molar refractivity (Wildman–Crippen MR) is 183 cm³/mol. The number of carbonyl (C=O) groups is 1. The van der Waals surface area contributed by atoms with Gasteiger partial charge in [-0.25, -0.2) is 0 Å². The number of aliphatic hydroxyl groups is 2. The van der Waals surface area contributed by atoms with Gasteiger partial charge >= 0.3 is 0 Å². The van der Waals surface area contributed by atoms with Gasteiger partial charge in [0.05, 0.1) is 32.3 Å². The normalized spacial score (nSPS) is 42.9. The molecule has 1 amide bonds. The Balaban J connectivity index is 1.08. The number of ether oxygens (including phenoxy) is 2. The first kappa shape index (κ1) is 31.9. The van der Waals surface area contributed by atoms with Crippen LogP contribution in [-0.2, 0) is 11.2 Å². The largest absolute Gasteiger partial charge is 0.493 e. The minimum absolute atomic E-state index is 0.116. The van der Waals surface area contributed by atoms with E-state index in [1.54, 1.807) is 14.2 Å². The van der Waals surface area contributed by atoms with Gasteiger partial charge in [-0.1, -0.05) is 43.2 Å². The quantitative estimate of drug-likeness (QED) is 0.312. The molecular weight excluding hydrogens is 586 g/mol. The zero-order valence-electron chi connectivity index (χ0n) is 29.2. The van der Waals surface area contributed by atoms with E-state index < -0.39 is 5.60 Å². The van der Waals surface area contributed by atoms with Gasteiger partial charge < -0.3 is 24.6 Å². The third-order valence-electron chi connectivity index (χ3n) is 15.2.